The number of allylic oxidation sites excluding steroid dienone is 2. The molecule has 2 aromatic rings. The Balaban J connectivity index is 1.44. The summed E-state index contributed by atoms with van der Waals surface area (Å²) in [4.78, 5) is 43.5. The van der Waals surface area contributed by atoms with Crippen LogP contribution in [0.1, 0.15) is 22.3 Å². The molecular weight excluding hydrogens is 544 g/mol. The Morgan fingerprint density at radius 2 is 1.85 bits per heavy atom. The van der Waals surface area contributed by atoms with Crippen LogP contribution < -0.4 is 9.80 Å². The number of anilines is 2. The maximum atomic E-state index is 14.9. The second-order valence-corrected chi connectivity index (χ2v) is 10.1. The van der Waals surface area contributed by atoms with E-state index in [0.717, 1.165) is 17.0 Å². The molecule has 2 aliphatic heterocycles. The molecule has 0 saturated carbocycles. The van der Waals surface area contributed by atoms with Gasteiger partial charge in [-0.3, -0.25) is 14.5 Å². The van der Waals surface area contributed by atoms with Crippen molar-refractivity contribution in [3.8, 4) is 6.07 Å². The Morgan fingerprint density at radius 3 is 2.41 bits per heavy atom. The molecule has 1 unspecified atom stereocenters. The number of nitrogens with zero attached hydrogens (tertiary/aromatic N) is 4. The van der Waals surface area contributed by atoms with E-state index >= 15 is 0 Å². The van der Waals surface area contributed by atoms with Gasteiger partial charge in [-0.2, -0.15) is 18.4 Å². The summed E-state index contributed by atoms with van der Waals surface area (Å²) < 4.78 is 59.0. The number of hydrogen-bond donors (Lipinski definition) is 0. The van der Waals surface area contributed by atoms with Crippen LogP contribution in [0.4, 0.5) is 28.9 Å². The standard InChI is InChI=1S/C29H24F4N4O4/c1-41-26(39)20-5-9-22(10-6-20)35-16-28(17-35)27(40)36(24-11-4-19(13-34)12-23(24)30)15-25(38)37(28)14-18-2-7-21(8-3-18)29(31,32)33/h2-7,9-12,21H,8,14-17H2,1H3. The number of amides is 2. The molecule has 212 valence electrons. The first-order chi connectivity index (χ1) is 19.5. The first-order valence-electron chi connectivity index (χ1n) is 12.7. The van der Waals surface area contributed by atoms with Gasteiger partial charge in [-0.1, -0.05) is 18.2 Å². The first kappa shape index (κ1) is 27.9. The maximum absolute atomic E-state index is 14.9. The number of rotatable bonds is 5. The fourth-order valence-corrected chi connectivity index (χ4v) is 5.33. The van der Waals surface area contributed by atoms with E-state index in [2.05, 4.69) is 0 Å². The molecule has 2 amide bonds. The Bertz CT molecular complexity index is 1500. The third-order valence-electron chi connectivity index (χ3n) is 7.62. The van der Waals surface area contributed by atoms with E-state index in [0.29, 0.717) is 16.8 Å². The van der Waals surface area contributed by atoms with Crippen molar-refractivity contribution in [2.75, 3.05) is 43.1 Å². The smallest absolute Gasteiger partial charge is 0.395 e. The van der Waals surface area contributed by atoms with E-state index in [1.807, 2.05) is 11.0 Å². The SMILES string of the molecule is COC(=O)c1ccc(N2CC3(C2)C(=O)N(c2ccc(C#N)cc2F)CC(=O)N3CC2=CCC(C(F)(F)F)C=C2)cc1. The van der Waals surface area contributed by atoms with Crippen molar-refractivity contribution in [2.24, 2.45) is 5.92 Å². The van der Waals surface area contributed by atoms with E-state index < -0.39 is 47.8 Å². The van der Waals surface area contributed by atoms with Gasteiger partial charge in [0.05, 0.1) is 49.0 Å². The highest BCUT2D eigenvalue weighted by atomic mass is 19.4. The van der Waals surface area contributed by atoms with Crippen molar-refractivity contribution in [1.82, 2.24) is 4.90 Å². The molecular formula is C29H24F4N4O4. The van der Waals surface area contributed by atoms with Crippen molar-refractivity contribution in [1.29, 1.82) is 5.26 Å². The number of nitriles is 1. The van der Waals surface area contributed by atoms with E-state index in [4.69, 9.17) is 10.00 Å². The fraction of sp³-hybridized carbons (Fsp3) is 0.310. The number of benzene rings is 2. The van der Waals surface area contributed by atoms with Gasteiger partial charge >= 0.3 is 12.1 Å². The van der Waals surface area contributed by atoms with E-state index in [9.17, 15) is 31.9 Å². The number of carbonyl (C=O) groups excluding carboxylic acids is 3. The molecule has 0 radical (unpaired) electrons. The van der Waals surface area contributed by atoms with Gasteiger partial charge in [-0.05, 0) is 54.5 Å². The Morgan fingerprint density at radius 1 is 1.15 bits per heavy atom. The quantitative estimate of drug-likeness (QED) is 0.400. The summed E-state index contributed by atoms with van der Waals surface area (Å²) in [6.45, 7) is -0.499. The number of carbonyl (C=O) groups is 3. The minimum atomic E-state index is -4.39. The molecule has 2 aromatic carbocycles. The predicted molar refractivity (Wildman–Crippen MR) is 139 cm³/mol. The molecule has 3 aliphatic rings. The van der Waals surface area contributed by atoms with E-state index in [-0.39, 0.29) is 37.3 Å². The monoisotopic (exact) mass is 568 g/mol. The van der Waals surface area contributed by atoms with E-state index in [1.165, 1.54) is 36.3 Å². The van der Waals surface area contributed by atoms with Gasteiger partial charge in [-0.15, -0.1) is 0 Å². The van der Waals surface area contributed by atoms with Crippen molar-refractivity contribution >= 4 is 29.2 Å². The highest BCUT2D eigenvalue weighted by molar-refractivity contribution is 6.11. The minimum absolute atomic E-state index is 0.0334. The van der Waals surface area contributed by atoms with Gasteiger partial charge in [-0.25, -0.2) is 9.18 Å². The lowest BCUT2D eigenvalue weighted by Gasteiger charge is -2.58. The molecule has 0 bridgehead atoms. The van der Waals surface area contributed by atoms with Crippen LogP contribution in [0.5, 0.6) is 0 Å². The molecule has 41 heavy (non-hydrogen) atoms. The van der Waals surface area contributed by atoms with E-state index in [1.54, 1.807) is 24.3 Å². The van der Waals surface area contributed by atoms with Crippen molar-refractivity contribution < 1.29 is 36.7 Å². The number of hydrogen-bond acceptors (Lipinski definition) is 6. The molecule has 1 atom stereocenters. The number of esters is 1. The molecule has 2 heterocycles. The minimum Gasteiger partial charge on any atom is -0.465 e. The number of alkyl halides is 3. The Kier molecular flexibility index (Phi) is 7.07. The lowest BCUT2D eigenvalue weighted by atomic mass is 9.82. The highest BCUT2D eigenvalue weighted by Gasteiger charge is 2.60. The molecule has 0 aromatic heterocycles. The van der Waals surface area contributed by atoms with Crippen LogP contribution in [0.15, 0.2) is 66.3 Å². The molecule has 2 fully saturated rings. The lowest BCUT2D eigenvalue weighted by molar-refractivity contribution is -0.160. The average molecular weight is 569 g/mol. The third-order valence-corrected chi connectivity index (χ3v) is 7.62. The third kappa shape index (κ3) is 5.03. The predicted octanol–water partition coefficient (Wildman–Crippen LogP) is 3.98. The van der Waals surface area contributed by atoms with Crippen LogP contribution in [0.25, 0.3) is 0 Å². The van der Waals surface area contributed by atoms with Gasteiger partial charge in [0.25, 0.3) is 5.91 Å². The summed E-state index contributed by atoms with van der Waals surface area (Å²) in [6, 6.07) is 11.9. The van der Waals surface area contributed by atoms with Crippen molar-refractivity contribution in [3.05, 3.63) is 83.2 Å². The van der Waals surface area contributed by atoms with Gasteiger partial charge in [0, 0.05) is 12.2 Å². The maximum Gasteiger partial charge on any atom is 0.395 e. The Hall–Kier alpha value is -4.66. The van der Waals surface area contributed by atoms with Gasteiger partial charge in [0.15, 0.2) is 5.54 Å². The van der Waals surface area contributed by atoms with Gasteiger partial charge in [0.2, 0.25) is 5.91 Å². The van der Waals surface area contributed by atoms with Crippen LogP contribution in [-0.2, 0) is 14.3 Å². The summed E-state index contributed by atoms with van der Waals surface area (Å²) in [5.74, 6) is -4.02. The van der Waals surface area contributed by atoms with Gasteiger partial charge in [0.1, 0.15) is 12.4 Å². The normalized spacial score (nSPS) is 20.0. The second-order valence-electron chi connectivity index (χ2n) is 10.1. The number of ether oxygens (including phenoxy) is 1. The molecule has 0 N–H and O–H groups in total. The van der Waals surface area contributed by atoms with Crippen molar-refractivity contribution in [2.45, 2.75) is 18.1 Å². The summed E-state index contributed by atoms with van der Waals surface area (Å²) >= 11 is 0. The number of halogens is 4. The largest absolute Gasteiger partial charge is 0.465 e. The summed E-state index contributed by atoms with van der Waals surface area (Å²) in [6.07, 6.45) is -0.883. The average Bonchev–Trinajstić information content (AvgIpc) is 2.93. The highest BCUT2D eigenvalue weighted by Crippen LogP contribution is 2.40. The van der Waals surface area contributed by atoms with Crippen LogP contribution >= 0.6 is 0 Å². The topological polar surface area (TPSA) is 94.0 Å². The number of methoxy groups -OCH3 is 1. The summed E-state index contributed by atoms with van der Waals surface area (Å²) in [7, 11) is 1.26. The second kappa shape index (κ2) is 10.4. The zero-order chi connectivity index (χ0) is 29.5. The Labute approximate surface area is 232 Å². The molecule has 8 nitrogen and oxygen atoms in total. The van der Waals surface area contributed by atoms with Crippen LogP contribution in [-0.4, -0.2) is 67.7 Å². The van der Waals surface area contributed by atoms with Gasteiger partial charge < -0.3 is 14.5 Å². The zero-order valence-corrected chi connectivity index (χ0v) is 21.8. The zero-order valence-electron chi connectivity index (χ0n) is 21.8. The summed E-state index contributed by atoms with van der Waals surface area (Å²) in [5.41, 5.74) is -0.0666. The number of piperazine rings is 1. The fourth-order valence-electron chi connectivity index (χ4n) is 5.33. The van der Waals surface area contributed by atoms with Crippen LogP contribution in [0.3, 0.4) is 0 Å². The molecule has 2 saturated heterocycles. The first-order valence-corrected chi connectivity index (χ1v) is 12.7. The molecule has 1 aliphatic carbocycles. The summed E-state index contributed by atoms with van der Waals surface area (Å²) in [5, 5.41) is 9.08. The van der Waals surface area contributed by atoms with Crippen LogP contribution in [0, 0.1) is 23.1 Å². The molecule has 1 spiro atoms. The lowest BCUT2D eigenvalue weighted by Crippen LogP contribution is -2.81. The molecule has 5 rings (SSSR count). The van der Waals surface area contributed by atoms with Crippen LogP contribution in [0.2, 0.25) is 0 Å². The molecule has 12 heteroatoms. The van der Waals surface area contributed by atoms with Crippen molar-refractivity contribution in [3.63, 3.8) is 0 Å².